The molecule has 0 N–H and O–H groups in total. The zero-order chi connectivity index (χ0) is 11.7. The fourth-order valence-electron chi connectivity index (χ4n) is 0.949. The number of rotatable bonds is 6. The maximum absolute atomic E-state index is 11.0. The van der Waals surface area contributed by atoms with Crippen molar-refractivity contribution in [2.24, 2.45) is 4.99 Å². The molecule has 0 aliphatic rings. The lowest BCUT2D eigenvalue weighted by Crippen LogP contribution is -2.15. The van der Waals surface area contributed by atoms with Gasteiger partial charge in [0.15, 0.2) is 0 Å². The van der Waals surface area contributed by atoms with Gasteiger partial charge in [0, 0.05) is 6.42 Å². The molecular formula is C9H13NO4S. The molecule has 0 aromatic carbocycles. The van der Waals surface area contributed by atoms with Crippen LogP contribution in [0.15, 0.2) is 4.99 Å². The normalized spacial score (nSPS) is 11.1. The van der Waals surface area contributed by atoms with Crippen molar-refractivity contribution in [2.45, 2.75) is 25.3 Å². The maximum Gasteiger partial charge on any atom is 0.307 e. The van der Waals surface area contributed by atoms with Gasteiger partial charge in [-0.15, -0.1) is 0 Å². The van der Waals surface area contributed by atoms with E-state index in [0.717, 1.165) is 0 Å². The molecule has 0 saturated carbocycles. The summed E-state index contributed by atoms with van der Waals surface area (Å²) in [7, 11) is 2.60. The largest absolute Gasteiger partial charge is 0.469 e. The highest BCUT2D eigenvalue weighted by Crippen LogP contribution is 2.08. The molecule has 0 saturated heterocycles. The Labute approximate surface area is 93.5 Å². The number of carbonyl (C=O) groups is 2. The Bertz CT molecular complexity index is 273. The van der Waals surface area contributed by atoms with E-state index in [2.05, 4.69) is 31.8 Å². The Balaban J connectivity index is 4.10. The molecule has 0 aliphatic heterocycles. The highest BCUT2D eigenvalue weighted by atomic mass is 32.1. The zero-order valence-electron chi connectivity index (χ0n) is 8.69. The van der Waals surface area contributed by atoms with E-state index in [9.17, 15) is 9.59 Å². The second-order valence-electron chi connectivity index (χ2n) is 2.77. The number of esters is 2. The summed E-state index contributed by atoms with van der Waals surface area (Å²) in [4.78, 5) is 25.6. The molecule has 5 nitrogen and oxygen atoms in total. The number of hydrogen-bond acceptors (Lipinski definition) is 6. The van der Waals surface area contributed by atoms with E-state index in [4.69, 9.17) is 0 Å². The second-order valence-corrected chi connectivity index (χ2v) is 2.95. The van der Waals surface area contributed by atoms with Crippen molar-refractivity contribution in [3.63, 3.8) is 0 Å². The van der Waals surface area contributed by atoms with Crippen LogP contribution in [0.2, 0.25) is 0 Å². The summed E-state index contributed by atoms with van der Waals surface area (Å²) in [6.45, 7) is 0. The van der Waals surface area contributed by atoms with Crippen LogP contribution in [0.25, 0.3) is 0 Å². The van der Waals surface area contributed by atoms with Crippen molar-refractivity contribution in [3.8, 4) is 0 Å². The van der Waals surface area contributed by atoms with Crippen LogP contribution >= 0.6 is 12.2 Å². The van der Waals surface area contributed by atoms with Crippen LogP contribution in [0.3, 0.4) is 0 Å². The van der Waals surface area contributed by atoms with E-state index in [-0.39, 0.29) is 30.8 Å². The summed E-state index contributed by atoms with van der Waals surface area (Å²) in [6, 6.07) is -0.367. The van der Waals surface area contributed by atoms with Gasteiger partial charge in [-0.1, -0.05) is 0 Å². The minimum Gasteiger partial charge on any atom is -0.469 e. The predicted octanol–water partition coefficient (Wildman–Crippen LogP) is 0.974. The molecule has 0 heterocycles. The van der Waals surface area contributed by atoms with Crippen molar-refractivity contribution in [1.82, 2.24) is 0 Å². The first-order chi connectivity index (χ1) is 7.13. The standard InChI is InChI=1S/C9H13NO4S/c1-13-8(11)4-3-7(10-6-15)5-9(12)14-2/h7H,3-5H2,1-2H3/t7-/m0/s1. The highest BCUT2D eigenvalue weighted by molar-refractivity contribution is 7.78. The van der Waals surface area contributed by atoms with E-state index in [1.165, 1.54) is 14.2 Å². The summed E-state index contributed by atoms with van der Waals surface area (Å²) in [5.41, 5.74) is 0. The molecule has 0 aromatic heterocycles. The Morgan fingerprint density at radius 2 is 1.93 bits per heavy atom. The molecule has 15 heavy (non-hydrogen) atoms. The lowest BCUT2D eigenvalue weighted by Gasteiger charge is -2.08. The third-order valence-corrected chi connectivity index (χ3v) is 1.88. The van der Waals surface area contributed by atoms with E-state index in [1.807, 2.05) is 0 Å². The van der Waals surface area contributed by atoms with Gasteiger partial charge in [0.2, 0.25) is 0 Å². The molecule has 0 unspecified atom stereocenters. The molecule has 84 valence electrons. The third-order valence-electron chi connectivity index (χ3n) is 1.77. The number of methoxy groups -OCH3 is 2. The van der Waals surface area contributed by atoms with Crippen molar-refractivity contribution >= 4 is 29.3 Å². The van der Waals surface area contributed by atoms with Gasteiger partial charge < -0.3 is 9.47 Å². The average Bonchev–Trinajstić information content (AvgIpc) is 2.25. The van der Waals surface area contributed by atoms with Crippen molar-refractivity contribution in [2.75, 3.05) is 14.2 Å². The van der Waals surface area contributed by atoms with E-state index in [0.29, 0.717) is 6.42 Å². The molecule has 0 aliphatic carbocycles. The number of ether oxygens (including phenoxy) is 2. The minimum atomic E-state index is -0.390. The van der Waals surface area contributed by atoms with Crippen molar-refractivity contribution < 1.29 is 19.1 Å². The molecule has 0 spiro atoms. The fourth-order valence-corrected chi connectivity index (χ4v) is 1.10. The minimum absolute atomic E-state index is 0.0944. The molecule has 0 rings (SSSR count). The van der Waals surface area contributed by atoms with Gasteiger partial charge in [-0.25, -0.2) is 4.99 Å². The molecule has 0 amide bonds. The van der Waals surface area contributed by atoms with Gasteiger partial charge in [0.05, 0.1) is 31.8 Å². The van der Waals surface area contributed by atoms with Crippen LogP contribution in [0.1, 0.15) is 19.3 Å². The van der Waals surface area contributed by atoms with Gasteiger partial charge >= 0.3 is 11.9 Å². The molecule has 0 aromatic rings. The number of carbonyl (C=O) groups excluding carboxylic acids is 2. The molecule has 0 fully saturated rings. The summed E-state index contributed by atoms with van der Waals surface area (Å²) in [5.74, 6) is -0.733. The SMILES string of the molecule is COC(=O)CC[C@@H](CC(=O)OC)N=C=S. The number of hydrogen-bond donors (Lipinski definition) is 0. The fraction of sp³-hybridized carbons (Fsp3) is 0.667. The lowest BCUT2D eigenvalue weighted by molar-refractivity contribution is -0.143. The Morgan fingerprint density at radius 1 is 1.33 bits per heavy atom. The molecule has 0 radical (unpaired) electrons. The smallest absolute Gasteiger partial charge is 0.307 e. The average molecular weight is 231 g/mol. The van der Waals surface area contributed by atoms with Crippen LogP contribution in [0.4, 0.5) is 0 Å². The van der Waals surface area contributed by atoms with Crippen LogP contribution in [-0.4, -0.2) is 37.4 Å². The topological polar surface area (TPSA) is 65.0 Å². The van der Waals surface area contributed by atoms with Gasteiger partial charge in [0.25, 0.3) is 0 Å². The first-order valence-corrected chi connectivity index (χ1v) is 4.75. The predicted molar refractivity (Wildman–Crippen MR) is 56.7 cm³/mol. The van der Waals surface area contributed by atoms with Crippen LogP contribution < -0.4 is 0 Å². The highest BCUT2D eigenvalue weighted by Gasteiger charge is 2.14. The summed E-state index contributed by atoms with van der Waals surface area (Å²) >= 11 is 4.44. The summed E-state index contributed by atoms with van der Waals surface area (Å²) < 4.78 is 8.95. The lowest BCUT2D eigenvalue weighted by atomic mass is 10.1. The summed E-state index contributed by atoms with van der Waals surface area (Å²) in [5, 5.41) is 2.19. The number of thiocarbonyl (C=S) groups is 1. The van der Waals surface area contributed by atoms with Crippen molar-refractivity contribution in [1.29, 1.82) is 0 Å². The van der Waals surface area contributed by atoms with E-state index in [1.54, 1.807) is 0 Å². The van der Waals surface area contributed by atoms with Gasteiger partial charge in [0.1, 0.15) is 0 Å². The van der Waals surface area contributed by atoms with Gasteiger partial charge in [-0.2, -0.15) is 0 Å². The Hall–Kier alpha value is -1.26. The number of isothiocyanates is 1. The first kappa shape index (κ1) is 13.7. The van der Waals surface area contributed by atoms with Crippen molar-refractivity contribution in [3.05, 3.63) is 0 Å². The summed E-state index contributed by atoms with van der Waals surface area (Å²) in [6.07, 6.45) is 0.682. The third kappa shape index (κ3) is 6.76. The number of nitrogens with zero attached hydrogens (tertiary/aromatic N) is 1. The van der Waals surface area contributed by atoms with Crippen LogP contribution in [0.5, 0.6) is 0 Å². The second kappa shape index (κ2) is 8.08. The van der Waals surface area contributed by atoms with Crippen LogP contribution in [0, 0.1) is 0 Å². The van der Waals surface area contributed by atoms with E-state index < -0.39 is 0 Å². The van der Waals surface area contributed by atoms with Crippen LogP contribution in [-0.2, 0) is 19.1 Å². The zero-order valence-corrected chi connectivity index (χ0v) is 9.50. The van der Waals surface area contributed by atoms with Gasteiger partial charge in [-0.3, -0.25) is 9.59 Å². The number of aliphatic imine (C=N–C) groups is 1. The monoisotopic (exact) mass is 231 g/mol. The van der Waals surface area contributed by atoms with Gasteiger partial charge in [-0.05, 0) is 18.6 Å². The van der Waals surface area contributed by atoms with E-state index >= 15 is 0 Å². The molecule has 6 heteroatoms. The molecule has 0 bridgehead atoms. The molecular weight excluding hydrogens is 218 g/mol. The molecule has 1 atom stereocenters. The maximum atomic E-state index is 11.0. The first-order valence-electron chi connectivity index (χ1n) is 4.34. The Kier molecular flexibility index (Phi) is 7.40. The Morgan fingerprint density at radius 3 is 2.40 bits per heavy atom. The quantitative estimate of drug-likeness (QED) is 0.387.